The minimum atomic E-state index is -1.60. The molecule has 0 fully saturated rings. The molecule has 88 valence electrons. The van der Waals surface area contributed by atoms with Gasteiger partial charge in [0, 0.05) is 9.92 Å². The van der Waals surface area contributed by atoms with Gasteiger partial charge in [0.25, 0.3) is 0 Å². The Kier molecular flexibility index (Phi) is 4.92. The molecule has 0 aliphatic heterocycles. The summed E-state index contributed by atoms with van der Waals surface area (Å²) in [6.45, 7) is 0.191. The fourth-order valence-corrected chi connectivity index (χ4v) is 2.60. The molecule has 1 rings (SSSR count). The summed E-state index contributed by atoms with van der Waals surface area (Å²) in [6, 6.07) is 6.28. The van der Waals surface area contributed by atoms with Gasteiger partial charge in [-0.3, -0.25) is 9.00 Å². The van der Waals surface area contributed by atoms with Crippen molar-refractivity contribution in [1.82, 2.24) is 0 Å². The molecule has 0 aromatic heterocycles. The Morgan fingerprint density at radius 1 is 1.44 bits per heavy atom. The maximum absolute atomic E-state index is 11.9. The molecular weight excluding hydrogens is 250 g/mol. The number of carboxylic acid groups (broad SMARTS) is 1. The van der Waals surface area contributed by atoms with Gasteiger partial charge in [0.1, 0.15) is 5.25 Å². The van der Waals surface area contributed by atoms with Crippen LogP contribution in [-0.2, 0) is 15.6 Å². The molecule has 0 amide bonds. The lowest BCUT2D eigenvalue weighted by Crippen LogP contribution is -2.28. The summed E-state index contributed by atoms with van der Waals surface area (Å²) >= 11 is 5.68. The zero-order chi connectivity index (χ0) is 12.1. The van der Waals surface area contributed by atoms with Crippen LogP contribution in [0.4, 0.5) is 0 Å². The molecule has 1 aromatic rings. The smallest absolute Gasteiger partial charge is 0.319 e. The van der Waals surface area contributed by atoms with E-state index in [2.05, 4.69) is 0 Å². The fourth-order valence-electron chi connectivity index (χ4n) is 1.21. The number of aliphatic carboxylic acids is 1. The molecule has 4 nitrogen and oxygen atoms in total. The summed E-state index contributed by atoms with van der Waals surface area (Å²) in [6.07, 6.45) is 0.185. The first kappa shape index (κ1) is 13.2. The highest BCUT2D eigenvalue weighted by Crippen LogP contribution is 2.17. The summed E-state index contributed by atoms with van der Waals surface area (Å²) in [4.78, 5) is 11.3. The molecule has 1 aromatic carbocycles. The Morgan fingerprint density at radius 2 is 2.00 bits per heavy atom. The van der Waals surface area contributed by atoms with Crippen LogP contribution in [0.1, 0.15) is 6.42 Å². The van der Waals surface area contributed by atoms with Crippen LogP contribution in [0.3, 0.4) is 0 Å². The third-order valence-corrected chi connectivity index (χ3v) is 3.95. The molecule has 2 atom stereocenters. The highest BCUT2D eigenvalue weighted by molar-refractivity contribution is 7.86. The van der Waals surface area contributed by atoms with E-state index in [1.54, 1.807) is 24.3 Å². The maximum atomic E-state index is 11.9. The molecule has 3 N–H and O–H groups in total. The van der Waals surface area contributed by atoms with Crippen LogP contribution >= 0.6 is 11.6 Å². The predicted molar refractivity (Wildman–Crippen MR) is 63.0 cm³/mol. The van der Waals surface area contributed by atoms with Gasteiger partial charge >= 0.3 is 5.97 Å². The van der Waals surface area contributed by atoms with Gasteiger partial charge in [-0.2, -0.15) is 0 Å². The minimum Gasteiger partial charge on any atom is -0.480 e. The number of benzene rings is 1. The lowest BCUT2D eigenvalue weighted by molar-refractivity contribution is -0.136. The second kappa shape index (κ2) is 5.98. The highest BCUT2D eigenvalue weighted by atomic mass is 35.5. The van der Waals surface area contributed by atoms with Crippen LogP contribution < -0.4 is 5.73 Å². The molecular formula is C10H12ClNO3S. The molecule has 0 saturated carbocycles. The average molecular weight is 262 g/mol. The normalized spacial score (nSPS) is 14.4. The molecule has 0 spiro atoms. The first-order valence-corrected chi connectivity index (χ1v) is 6.24. The van der Waals surface area contributed by atoms with Crippen molar-refractivity contribution in [3.8, 4) is 0 Å². The van der Waals surface area contributed by atoms with E-state index in [1.807, 2.05) is 0 Å². The van der Waals surface area contributed by atoms with Gasteiger partial charge in [-0.05, 0) is 37.2 Å². The molecule has 0 radical (unpaired) electrons. The maximum Gasteiger partial charge on any atom is 0.319 e. The second-order valence-electron chi connectivity index (χ2n) is 3.16. The van der Waals surface area contributed by atoms with E-state index in [0.29, 0.717) is 9.92 Å². The van der Waals surface area contributed by atoms with Crippen LogP contribution in [-0.4, -0.2) is 27.1 Å². The largest absolute Gasteiger partial charge is 0.480 e. The third-order valence-electron chi connectivity index (χ3n) is 2.01. The molecule has 16 heavy (non-hydrogen) atoms. The number of carbonyl (C=O) groups is 1. The number of hydrogen-bond acceptors (Lipinski definition) is 3. The van der Waals surface area contributed by atoms with E-state index in [-0.39, 0.29) is 13.0 Å². The minimum absolute atomic E-state index is 0.185. The Balaban J connectivity index is 2.90. The average Bonchev–Trinajstić information content (AvgIpc) is 2.25. The zero-order valence-corrected chi connectivity index (χ0v) is 10.0. The van der Waals surface area contributed by atoms with E-state index < -0.39 is 22.0 Å². The van der Waals surface area contributed by atoms with Gasteiger partial charge in [-0.1, -0.05) is 11.6 Å². The summed E-state index contributed by atoms with van der Waals surface area (Å²) in [5.41, 5.74) is 5.29. The van der Waals surface area contributed by atoms with Gasteiger partial charge in [0.15, 0.2) is 0 Å². The van der Waals surface area contributed by atoms with Crippen LogP contribution in [0.2, 0.25) is 5.02 Å². The van der Waals surface area contributed by atoms with Crippen LogP contribution in [0.25, 0.3) is 0 Å². The number of halogens is 1. The van der Waals surface area contributed by atoms with Crippen molar-refractivity contribution in [2.75, 3.05) is 6.54 Å². The lowest BCUT2D eigenvalue weighted by atomic mass is 10.3. The number of rotatable bonds is 5. The predicted octanol–water partition coefficient (Wildman–Crippen LogP) is 1.25. The topological polar surface area (TPSA) is 80.4 Å². The van der Waals surface area contributed by atoms with Crippen molar-refractivity contribution in [1.29, 1.82) is 0 Å². The molecule has 0 saturated heterocycles. The monoisotopic (exact) mass is 261 g/mol. The van der Waals surface area contributed by atoms with E-state index in [4.69, 9.17) is 22.4 Å². The van der Waals surface area contributed by atoms with Crippen LogP contribution in [0, 0.1) is 0 Å². The van der Waals surface area contributed by atoms with Gasteiger partial charge in [-0.15, -0.1) is 0 Å². The molecule has 6 heteroatoms. The lowest BCUT2D eigenvalue weighted by Gasteiger charge is -2.10. The summed E-state index contributed by atoms with van der Waals surface area (Å²) < 4.78 is 11.9. The first-order valence-electron chi connectivity index (χ1n) is 4.65. The van der Waals surface area contributed by atoms with Gasteiger partial charge in [0.2, 0.25) is 0 Å². The quantitative estimate of drug-likeness (QED) is 0.836. The Morgan fingerprint density at radius 3 is 2.44 bits per heavy atom. The Hall–Kier alpha value is -0.910. The van der Waals surface area contributed by atoms with Gasteiger partial charge in [-0.25, -0.2) is 0 Å². The van der Waals surface area contributed by atoms with Gasteiger partial charge < -0.3 is 10.8 Å². The second-order valence-corrected chi connectivity index (χ2v) is 5.23. The van der Waals surface area contributed by atoms with E-state index in [1.165, 1.54) is 0 Å². The molecule has 2 unspecified atom stereocenters. The van der Waals surface area contributed by atoms with E-state index in [9.17, 15) is 9.00 Å². The third kappa shape index (κ3) is 3.30. The molecule has 0 aliphatic rings. The Labute approximate surface area is 101 Å². The molecule has 0 bridgehead atoms. The molecule has 0 aliphatic carbocycles. The summed E-state index contributed by atoms with van der Waals surface area (Å²) in [5.74, 6) is -1.10. The molecule has 0 heterocycles. The Bertz CT molecular complexity index is 394. The van der Waals surface area contributed by atoms with Gasteiger partial charge in [0.05, 0.1) is 10.8 Å². The van der Waals surface area contributed by atoms with E-state index in [0.717, 1.165) is 0 Å². The van der Waals surface area contributed by atoms with Crippen molar-refractivity contribution in [2.24, 2.45) is 5.73 Å². The van der Waals surface area contributed by atoms with Crippen molar-refractivity contribution in [2.45, 2.75) is 16.6 Å². The number of carboxylic acids is 1. The van der Waals surface area contributed by atoms with Crippen molar-refractivity contribution < 1.29 is 14.1 Å². The van der Waals surface area contributed by atoms with Crippen LogP contribution in [0.15, 0.2) is 29.2 Å². The first-order chi connectivity index (χ1) is 7.56. The number of nitrogens with two attached hydrogens (primary N) is 1. The standard InChI is InChI=1S/C10H12ClNO3S/c11-7-1-3-8(4-2-7)16(15)9(5-6-12)10(13)14/h1-4,9H,5-6,12H2,(H,13,14). The van der Waals surface area contributed by atoms with Crippen molar-refractivity contribution in [3.63, 3.8) is 0 Å². The summed E-state index contributed by atoms with van der Waals surface area (Å²) in [5, 5.41) is 8.47. The van der Waals surface area contributed by atoms with Crippen molar-refractivity contribution in [3.05, 3.63) is 29.3 Å². The SMILES string of the molecule is NCCC(C(=O)O)S(=O)c1ccc(Cl)cc1. The van der Waals surface area contributed by atoms with E-state index >= 15 is 0 Å². The highest BCUT2D eigenvalue weighted by Gasteiger charge is 2.24. The fraction of sp³-hybridized carbons (Fsp3) is 0.300. The van der Waals surface area contributed by atoms with Crippen molar-refractivity contribution >= 4 is 28.4 Å². The zero-order valence-electron chi connectivity index (χ0n) is 8.43. The number of hydrogen-bond donors (Lipinski definition) is 2. The van der Waals surface area contributed by atoms with Crippen LogP contribution in [0.5, 0.6) is 0 Å². The summed E-state index contributed by atoms with van der Waals surface area (Å²) in [7, 11) is -1.60.